The van der Waals surface area contributed by atoms with Crippen LogP contribution in [0.25, 0.3) is 0 Å². The first kappa shape index (κ1) is 9.98. The normalized spacial score (nSPS) is 14.7. The molecule has 1 aromatic carbocycles. The summed E-state index contributed by atoms with van der Waals surface area (Å²) < 4.78 is 10.0. The van der Waals surface area contributed by atoms with Gasteiger partial charge in [-0.2, -0.15) is 0 Å². The van der Waals surface area contributed by atoms with Crippen LogP contribution in [0.2, 0.25) is 0 Å². The fourth-order valence-corrected chi connectivity index (χ4v) is 1.57. The van der Waals surface area contributed by atoms with Crippen molar-refractivity contribution in [3.63, 3.8) is 0 Å². The Bertz CT molecular complexity index is 376. The number of carbonyl (C=O) groups excluding carboxylic acids is 1. The van der Waals surface area contributed by atoms with Crippen LogP contribution in [0.3, 0.4) is 0 Å². The second-order valence-corrected chi connectivity index (χ2v) is 3.34. The standard InChI is InChI=1S/C11H13NO3/c1-14-11(13)8-2-3-10-9(6-8)7-15-5-4-12-10/h2-3,6,12H,4-5,7H2,1H3. The third-order valence-electron chi connectivity index (χ3n) is 2.35. The molecule has 0 aromatic heterocycles. The SMILES string of the molecule is COC(=O)c1ccc2c(c1)COCCN2. The molecule has 0 fully saturated rings. The Morgan fingerprint density at radius 2 is 2.40 bits per heavy atom. The highest BCUT2D eigenvalue weighted by molar-refractivity contribution is 5.90. The lowest BCUT2D eigenvalue weighted by atomic mass is 10.1. The number of carbonyl (C=O) groups is 1. The zero-order chi connectivity index (χ0) is 10.7. The minimum atomic E-state index is -0.318. The molecule has 0 amide bonds. The van der Waals surface area contributed by atoms with Crippen LogP contribution in [-0.4, -0.2) is 26.2 Å². The summed E-state index contributed by atoms with van der Waals surface area (Å²) in [5.74, 6) is -0.318. The number of benzene rings is 1. The maximum atomic E-state index is 11.3. The first-order chi connectivity index (χ1) is 7.31. The fraction of sp³-hybridized carbons (Fsp3) is 0.364. The molecule has 0 aliphatic carbocycles. The Labute approximate surface area is 88.2 Å². The molecule has 0 saturated carbocycles. The van der Waals surface area contributed by atoms with E-state index in [4.69, 9.17) is 4.74 Å². The van der Waals surface area contributed by atoms with E-state index >= 15 is 0 Å². The molecular weight excluding hydrogens is 194 g/mol. The van der Waals surface area contributed by atoms with E-state index in [2.05, 4.69) is 10.1 Å². The third-order valence-corrected chi connectivity index (χ3v) is 2.35. The Hall–Kier alpha value is -1.55. The summed E-state index contributed by atoms with van der Waals surface area (Å²) in [6.45, 7) is 2.01. The number of rotatable bonds is 1. The van der Waals surface area contributed by atoms with E-state index < -0.39 is 0 Å². The van der Waals surface area contributed by atoms with Crippen molar-refractivity contribution in [2.45, 2.75) is 6.61 Å². The Morgan fingerprint density at radius 3 is 3.20 bits per heavy atom. The fourth-order valence-electron chi connectivity index (χ4n) is 1.57. The highest BCUT2D eigenvalue weighted by atomic mass is 16.5. The van der Waals surface area contributed by atoms with Crippen molar-refractivity contribution in [2.75, 3.05) is 25.6 Å². The van der Waals surface area contributed by atoms with Crippen molar-refractivity contribution in [1.29, 1.82) is 0 Å². The molecule has 1 aromatic rings. The predicted octanol–water partition coefficient (Wildman–Crippen LogP) is 1.42. The first-order valence-corrected chi connectivity index (χ1v) is 4.84. The van der Waals surface area contributed by atoms with Gasteiger partial charge in [0.1, 0.15) is 0 Å². The maximum Gasteiger partial charge on any atom is 0.337 e. The largest absolute Gasteiger partial charge is 0.465 e. The molecule has 15 heavy (non-hydrogen) atoms. The molecule has 0 atom stereocenters. The van der Waals surface area contributed by atoms with E-state index in [0.29, 0.717) is 18.8 Å². The molecule has 0 bridgehead atoms. The van der Waals surface area contributed by atoms with Crippen molar-refractivity contribution in [3.8, 4) is 0 Å². The number of hydrogen-bond donors (Lipinski definition) is 1. The lowest BCUT2D eigenvalue weighted by molar-refractivity contribution is 0.0600. The molecule has 1 N–H and O–H groups in total. The molecule has 4 heteroatoms. The second-order valence-electron chi connectivity index (χ2n) is 3.34. The average molecular weight is 207 g/mol. The van der Waals surface area contributed by atoms with Gasteiger partial charge in [-0.25, -0.2) is 4.79 Å². The smallest absolute Gasteiger partial charge is 0.337 e. The molecule has 80 valence electrons. The molecule has 0 unspecified atom stereocenters. The van der Waals surface area contributed by atoms with E-state index in [1.54, 1.807) is 12.1 Å². The number of esters is 1. The van der Waals surface area contributed by atoms with Gasteiger partial charge in [0, 0.05) is 17.8 Å². The summed E-state index contributed by atoms with van der Waals surface area (Å²) in [6, 6.07) is 5.44. The zero-order valence-corrected chi connectivity index (χ0v) is 8.58. The lowest BCUT2D eigenvalue weighted by Crippen LogP contribution is -2.05. The van der Waals surface area contributed by atoms with Crippen LogP contribution in [0, 0.1) is 0 Å². The quantitative estimate of drug-likeness (QED) is 0.707. The van der Waals surface area contributed by atoms with Gasteiger partial charge < -0.3 is 14.8 Å². The Balaban J connectivity index is 2.31. The van der Waals surface area contributed by atoms with Crippen LogP contribution in [0.1, 0.15) is 15.9 Å². The number of methoxy groups -OCH3 is 1. The van der Waals surface area contributed by atoms with Crippen molar-refractivity contribution < 1.29 is 14.3 Å². The van der Waals surface area contributed by atoms with Gasteiger partial charge in [0.25, 0.3) is 0 Å². The van der Waals surface area contributed by atoms with Gasteiger partial charge in [-0.05, 0) is 18.2 Å². The molecular formula is C11H13NO3. The van der Waals surface area contributed by atoms with Gasteiger partial charge in [0.15, 0.2) is 0 Å². The molecule has 2 rings (SSSR count). The van der Waals surface area contributed by atoms with Crippen LogP contribution in [-0.2, 0) is 16.1 Å². The van der Waals surface area contributed by atoms with E-state index in [1.807, 2.05) is 6.07 Å². The number of ether oxygens (including phenoxy) is 2. The van der Waals surface area contributed by atoms with Crippen LogP contribution in [0.15, 0.2) is 18.2 Å². The number of fused-ring (bicyclic) bond motifs is 1. The molecule has 4 nitrogen and oxygen atoms in total. The highest BCUT2D eigenvalue weighted by Crippen LogP contribution is 2.20. The van der Waals surface area contributed by atoms with E-state index in [1.165, 1.54) is 7.11 Å². The van der Waals surface area contributed by atoms with Gasteiger partial charge in [-0.1, -0.05) is 0 Å². The highest BCUT2D eigenvalue weighted by Gasteiger charge is 2.11. The van der Waals surface area contributed by atoms with Crippen molar-refractivity contribution in [2.24, 2.45) is 0 Å². The number of hydrogen-bond acceptors (Lipinski definition) is 4. The van der Waals surface area contributed by atoms with Crippen LogP contribution in [0.4, 0.5) is 5.69 Å². The predicted molar refractivity (Wildman–Crippen MR) is 55.9 cm³/mol. The number of nitrogens with one attached hydrogen (secondary N) is 1. The Kier molecular flexibility index (Phi) is 2.87. The molecule has 0 radical (unpaired) electrons. The van der Waals surface area contributed by atoms with Crippen molar-refractivity contribution in [1.82, 2.24) is 0 Å². The summed E-state index contributed by atoms with van der Waals surface area (Å²) in [5.41, 5.74) is 2.58. The zero-order valence-electron chi connectivity index (χ0n) is 8.58. The second kappa shape index (κ2) is 4.31. The van der Waals surface area contributed by atoms with Gasteiger partial charge in [0.2, 0.25) is 0 Å². The first-order valence-electron chi connectivity index (χ1n) is 4.84. The summed E-state index contributed by atoms with van der Waals surface area (Å²) >= 11 is 0. The van der Waals surface area contributed by atoms with Gasteiger partial charge in [-0.15, -0.1) is 0 Å². The number of anilines is 1. The minimum absolute atomic E-state index is 0.318. The summed E-state index contributed by atoms with van der Waals surface area (Å²) in [4.78, 5) is 11.3. The minimum Gasteiger partial charge on any atom is -0.465 e. The molecule has 0 saturated heterocycles. The lowest BCUT2D eigenvalue weighted by Gasteiger charge is -2.07. The van der Waals surface area contributed by atoms with Crippen LogP contribution >= 0.6 is 0 Å². The summed E-state index contributed by atoms with van der Waals surface area (Å²) in [5, 5.41) is 3.23. The van der Waals surface area contributed by atoms with E-state index in [-0.39, 0.29) is 5.97 Å². The Morgan fingerprint density at radius 1 is 1.53 bits per heavy atom. The summed E-state index contributed by atoms with van der Waals surface area (Å²) in [6.07, 6.45) is 0. The average Bonchev–Trinajstić information content (AvgIpc) is 2.51. The monoisotopic (exact) mass is 207 g/mol. The van der Waals surface area contributed by atoms with Crippen LogP contribution < -0.4 is 5.32 Å². The topological polar surface area (TPSA) is 47.6 Å². The third kappa shape index (κ3) is 2.10. The van der Waals surface area contributed by atoms with Gasteiger partial charge in [0.05, 0.1) is 25.9 Å². The van der Waals surface area contributed by atoms with Crippen molar-refractivity contribution in [3.05, 3.63) is 29.3 Å². The van der Waals surface area contributed by atoms with Gasteiger partial charge in [-0.3, -0.25) is 0 Å². The van der Waals surface area contributed by atoms with Crippen molar-refractivity contribution >= 4 is 11.7 Å². The molecule has 1 aliphatic rings. The summed E-state index contributed by atoms with van der Waals surface area (Å²) in [7, 11) is 1.38. The van der Waals surface area contributed by atoms with E-state index in [0.717, 1.165) is 17.8 Å². The van der Waals surface area contributed by atoms with E-state index in [9.17, 15) is 4.79 Å². The maximum absolute atomic E-state index is 11.3. The molecule has 1 aliphatic heterocycles. The van der Waals surface area contributed by atoms with Gasteiger partial charge >= 0.3 is 5.97 Å². The molecule has 1 heterocycles. The van der Waals surface area contributed by atoms with Crippen LogP contribution in [0.5, 0.6) is 0 Å². The molecule has 0 spiro atoms.